The van der Waals surface area contributed by atoms with E-state index in [2.05, 4.69) is 5.32 Å². The predicted octanol–water partition coefficient (Wildman–Crippen LogP) is 2.30. The van der Waals surface area contributed by atoms with Crippen molar-refractivity contribution in [3.63, 3.8) is 0 Å². The lowest BCUT2D eigenvalue weighted by Gasteiger charge is -2.07. The second-order valence-electron chi connectivity index (χ2n) is 3.58. The van der Waals surface area contributed by atoms with Crippen LogP contribution in [-0.2, 0) is 4.74 Å². The first-order valence-electron chi connectivity index (χ1n) is 5.69. The molecule has 0 aromatic heterocycles. The van der Waals surface area contributed by atoms with Gasteiger partial charge < -0.3 is 10.1 Å². The van der Waals surface area contributed by atoms with Crippen molar-refractivity contribution < 1.29 is 9.66 Å². The molecule has 0 radical (unpaired) electrons. The molecule has 1 rings (SSSR count). The standard InChI is InChI=1S/C12H15N3O3/c1-2-18-7-3-6-14-11-8-10(9-13)4-5-12(11)15(16)17/h4-5,8,14H,2-3,6-7H2,1H3. The molecule has 96 valence electrons. The Labute approximate surface area is 105 Å². The fraction of sp³-hybridized carbons (Fsp3) is 0.417. The van der Waals surface area contributed by atoms with E-state index >= 15 is 0 Å². The first-order valence-corrected chi connectivity index (χ1v) is 5.69. The predicted molar refractivity (Wildman–Crippen MR) is 67.4 cm³/mol. The second-order valence-corrected chi connectivity index (χ2v) is 3.58. The number of hydrogen-bond acceptors (Lipinski definition) is 5. The monoisotopic (exact) mass is 249 g/mol. The quantitative estimate of drug-likeness (QED) is 0.455. The lowest BCUT2D eigenvalue weighted by Crippen LogP contribution is -2.07. The molecule has 18 heavy (non-hydrogen) atoms. The van der Waals surface area contributed by atoms with Gasteiger partial charge in [-0.15, -0.1) is 0 Å². The van der Waals surface area contributed by atoms with Gasteiger partial charge in [-0.2, -0.15) is 5.26 Å². The smallest absolute Gasteiger partial charge is 0.292 e. The zero-order valence-corrected chi connectivity index (χ0v) is 10.2. The van der Waals surface area contributed by atoms with E-state index in [1.807, 2.05) is 13.0 Å². The minimum absolute atomic E-state index is 0.0228. The third-order valence-corrected chi connectivity index (χ3v) is 2.31. The topological polar surface area (TPSA) is 88.2 Å². The Kier molecular flexibility index (Phi) is 5.61. The van der Waals surface area contributed by atoms with Gasteiger partial charge in [-0.3, -0.25) is 10.1 Å². The van der Waals surface area contributed by atoms with Crippen LogP contribution in [-0.4, -0.2) is 24.7 Å². The normalized spacial score (nSPS) is 9.78. The van der Waals surface area contributed by atoms with Crippen LogP contribution in [0.5, 0.6) is 0 Å². The molecule has 0 heterocycles. The molecule has 0 unspecified atom stereocenters. The molecular weight excluding hydrogens is 234 g/mol. The van der Waals surface area contributed by atoms with Gasteiger partial charge >= 0.3 is 0 Å². The molecule has 0 saturated heterocycles. The zero-order valence-electron chi connectivity index (χ0n) is 10.2. The van der Waals surface area contributed by atoms with E-state index < -0.39 is 4.92 Å². The fourth-order valence-electron chi connectivity index (χ4n) is 1.45. The lowest BCUT2D eigenvalue weighted by atomic mass is 10.2. The van der Waals surface area contributed by atoms with Crippen LogP contribution < -0.4 is 5.32 Å². The van der Waals surface area contributed by atoms with E-state index in [9.17, 15) is 10.1 Å². The van der Waals surface area contributed by atoms with Gasteiger partial charge in [0.05, 0.1) is 16.6 Å². The van der Waals surface area contributed by atoms with Crippen LogP contribution >= 0.6 is 0 Å². The maximum absolute atomic E-state index is 10.8. The van der Waals surface area contributed by atoms with Crippen molar-refractivity contribution >= 4 is 11.4 Å². The van der Waals surface area contributed by atoms with Gasteiger partial charge in [0.15, 0.2) is 0 Å². The maximum Gasteiger partial charge on any atom is 0.292 e. The first kappa shape index (κ1) is 13.9. The molecule has 0 aliphatic carbocycles. The highest BCUT2D eigenvalue weighted by molar-refractivity contribution is 5.64. The van der Waals surface area contributed by atoms with Gasteiger partial charge in [-0.05, 0) is 25.5 Å². The Hall–Kier alpha value is -2.13. The molecule has 0 saturated carbocycles. The van der Waals surface area contributed by atoms with Crippen molar-refractivity contribution in [1.29, 1.82) is 5.26 Å². The highest BCUT2D eigenvalue weighted by Gasteiger charge is 2.13. The van der Waals surface area contributed by atoms with Crippen molar-refractivity contribution in [2.24, 2.45) is 0 Å². The van der Waals surface area contributed by atoms with Crippen molar-refractivity contribution in [3.05, 3.63) is 33.9 Å². The summed E-state index contributed by atoms with van der Waals surface area (Å²) in [5, 5.41) is 22.5. The van der Waals surface area contributed by atoms with E-state index in [1.54, 1.807) is 0 Å². The van der Waals surface area contributed by atoms with Gasteiger partial charge in [-0.25, -0.2) is 0 Å². The molecule has 0 bridgehead atoms. The number of nitrogens with zero attached hydrogens (tertiary/aromatic N) is 2. The summed E-state index contributed by atoms with van der Waals surface area (Å²) in [6, 6.07) is 6.21. The number of rotatable bonds is 7. The van der Waals surface area contributed by atoms with Gasteiger partial charge in [0.25, 0.3) is 5.69 Å². The summed E-state index contributed by atoms with van der Waals surface area (Å²) in [4.78, 5) is 10.3. The highest BCUT2D eigenvalue weighted by Crippen LogP contribution is 2.25. The van der Waals surface area contributed by atoms with E-state index in [4.69, 9.17) is 10.00 Å². The number of nitriles is 1. The lowest BCUT2D eigenvalue weighted by molar-refractivity contribution is -0.384. The zero-order chi connectivity index (χ0) is 13.4. The Balaban J connectivity index is 2.67. The first-order chi connectivity index (χ1) is 8.69. The summed E-state index contributed by atoms with van der Waals surface area (Å²) in [5.74, 6) is 0. The van der Waals surface area contributed by atoms with E-state index in [0.717, 1.165) is 6.42 Å². The van der Waals surface area contributed by atoms with Gasteiger partial charge in [0.2, 0.25) is 0 Å². The summed E-state index contributed by atoms with van der Waals surface area (Å²) in [6.07, 6.45) is 0.752. The van der Waals surface area contributed by atoms with Crippen LogP contribution in [0.4, 0.5) is 11.4 Å². The van der Waals surface area contributed by atoms with Crippen LogP contribution in [0.1, 0.15) is 18.9 Å². The molecule has 6 heteroatoms. The molecule has 0 aliphatic rings. The minimum atomic E-state index is -0.466. The maximum atomic E-state index is 10.8. The summed E-state index contributed by atoms with van der Waals surface area (Å²) in [5.41, 5.74) is 0.744. The summed E-state index contributed by atoms with van der Waals surface area (Å²) < 4.78 is 5.17. The van der Waals surface area contributed by atoms with Crippen molar-refractivity contribution in [2.45, 2.75) is 13.3 Å². The molecular formula is C12H15N3O3. The van der Waals surface area contributed by atoms with Gasteiger partial charge in [-0.1, -0.05) is 0 Å². The third-order valence-electron chi connectivity index (χ3n) is 2.31. The van der Waals surface area contributed by atoms with Crippen molar-refractivity contribution in [3.8, 4) is 6.07 Å². The van der Waals surface area contributed by atoms with Crippen molar-refractivity contribution in [1.82, 2.24) is 0 Å². The third kappa shape index (κ3) is 4.03. The van der Waals surface area contributed by atoms with E-state index in [1.165, 1.54) is 18.2 Å². The number of ether oxygens (including phenoxy) is 1. The fourth-order valence-corrected chi connectivity index (χ4v) is 1.45. The van der Waals surface area contributed by atoms with Gasteiger partial charge in [0.1, 0.15) is 5.69 Å². The molecule has 1 aromatic rings. The van der Waals surface area contributed by atoms with E-state index in [-0.39, 0.29) is 5.69 Å². The number of hydrogen-bond donors (Lipinski definition) is 1. The molecule has 1 N–H and O–H groups in total. The van der Waals surface area contributed by atoms with Crippen LogP contribution in [0.2, 0.25) is 0 Å². The Morgan fingerprint density at radius 3 is 2.94 bits per heavy atom. The number of anilines is 1. The van der Waals surface area contributed by atoms with Crippen molar-refractivity contribution in [2.75, 3.05) is 25.1 Å². The Bertz CT molecular complexity index is 454. The Morgan fingerprint density at radius 1 is 1.56 bits per heavy atom. The second kappa shape index (κ2) is 7.25. The minimum Gasteiger partial charge on any atom is -0.382 e. The molecule has 0 spiro atoms. The summed E-state index contributed by atoms with van der Waals surface area (Å²) in [7, 11) is 0. The van der Waals surface area contributed by atoms with Crippen LogP contribution in [0.3, 0.4) is 0 Å². The van der Waals surface area contributed by atoms with Gasteiger partial charge in [0, 0.05) is 25.8 Å². The molecule has 0 aliphatic heterocycles. The van der Waals surface area contributed by atoms with Crippen LogP contribution in [0.15, 0.2) is 18.2 Å². The summed E-state index contributed by atoms with van der Waals surface area (Å²) in [6.45, 7) is 3.74. The molecule has 1 aromatic carbocycles. The van der Waals surface area contributed by atoms with Crippen LogP contribution in [0, 0.1) is 21.4 Å². The molecule has 0 fully saturated rings. The molecule has 0 atom stereocenters. The molecule has 0 amide bonds. The van der Waals surface area contributed by atoms with Crippen LogP contribution in [0.25, 0.3) is 0 Å². The average Bonchev–Trinajstić information content (AvgIpc) is 2.38. The average molecular weight is 249 g/mol. The summed E-state index contributed by atoms with van der Waals surface area (Å²) >= 11 is 0. The molecule has 6 nitrogen and oxygen atoms in total. The number of benzene rings is 1. The number of nitro groups is 1. The van der Waals surface area contributed by atoms with E-state index in [0.29, 0.717) is 31.0 Å². The Morgan fingerprint density at radius 2 is 2.33 bits per heavy atom. The largest absolute Gasteiger partial charge is 0.382 e. The highest BCUT2D eigenvalue weighted by atomic mass is 16.6. The number of nitrogens with one attached hydrogen (secondary N) is 1. The number of nitro benzene ring substituents is 1. The SMILES string of the molecule is CCOCCCNc1cc(C#N)ccc1[N+](=O)[O-].